The van der Waals surface area contributed by atoms with Gasteiger partial charge in [-0.3, -0.25) is 0 Å². The van der Waals surface area contributed by atoms with Gasteiger partial charge in [0, 0.05) is 30.1 Å². The van der Waals surface area contributed by atoms with E-state index in [1.807, 2.05) is 18.2 Å². The summed E-state index contributed by atoms with van der Waals surface area (Å²) < 4.78 is 17.6. The van der Waals surface area contributed by atoms with E-state index in [4.69, 9.17) is 14.2 Å². The van der Waals surface area contributed by atoms with Crippen molar-refractivity contribution in [3.05, 3.63) is 34.3 Å². The van der Waals surface area contributed by atoms with Gasteiger partial charge in [0.15, 0.2) is 0 Å². The van der Waals surface area contributed by atoms with Crippen molar-refractivity contribution in [3.63, 3.8) is 0 Å². The third-order valence-corrected chi connectivity index (χ3v) is 4.75. The van der Waals surface area contributed by atoms with Crippen LogP contribution >= 0.6 is 31.9 Å². The van der Waals surface area contributed by atoms with E-state index in [1.165, 1.54) is 0 Å². The quantitative estimate of drug-likeness (QED) is 0.429. The highest BCUT2D eigenvalue weighted by atomic mass is 79.9. The molecule has 1 aromatic rings. The van der Waals surface area contributed by atoms with Gasteiger partial charge >= 0.3 is 0 Å². The van der Waals surface area contributed by atoms with Crippen molar-refractivity contribution in [1.82, 2.24) is 0 Å². The molecule has 1 rings (SSSR count). The fourth-order valence-corrected chi connectivity index (χ4v) is 2.98. The molecule has 0 aliphatic rings. The van der Waals surface area contributed by atoms with Crippen molar-refractivity contribution < 1.29 is 14.2 Å². The Hall–Kier alpha value is 0.0600. The van der Waals surface area contributed by atoms with Gasteiger partial charge in [0.25, 0.3) is 0 Å². The summed E-state index contributed by atoms with van der Waals surface area (Å²) in [7, 11) is 1.70. The Bertz CT molecular complexity index is 387. The summed E-state index contributed by atoms with van der Waals surface area (Å²) in [6.45, 7) is 4.67. The molecule has 20 heavy (non-hydrogen) atoms. The molecule has 0 saturated carbocycles. The van der Waals surface area contributed by atoms with Crippen LogP contribution in [0, 0.1) is 0 Å². The number of hydrogen-bond acceptors (Lipinski definition) is 3. The van der Waals surface area contributed by atoms with E-state index in [0.717, 1.165) is 28.4 Å². The normalized spacial score (nSPS) is 14.2. The number of ether oxygens (including phenoxy) is 3. The number of rotatable bonds is 10. The largest absolute Gasteiger partial charge is 0.385 e. The van der Waals surface area contributed by atoms with Crippen molar-refractivity contribution in [2.45, 2.75) is 18.9 Å². The first kappa shape index (κ1) is 18.1. The van der Waals surface area contributed by atoms with E-state index in [1.54, 1.807) is 7.11 Å². The molecule has 0 radical (unpaired) electrons. The van der Waals surface area contributed by atoms with E-state index >= 15 is 0 Å². The molecule has 0 bridgehead atoms. The van der Waals surface area contributed by atoms with Gasteiger partial charge < -0.3 is 14.2 Å². The number of halogens is 2. The Kier molecular flexibility index (Phi) is 8.96. The zero-order chi connectivity index (χ0) is 14.8. The molecule has 0 N–H and O–H groups in total. The van der Waals surface area contributed by atoms with E-state index in [9.17, 15) is 0 Å². The van der Waals surface area contributed by atoms with Crippen molar-refractivity contribution in [3.8, 4) is 0 Å². The average Bonchev–Trinajstić information content (AvgIpc) is 2.46. The lowest BCUT2D eigenvalue weighted by molar-refractivity contribution is -0.0475. The third-order valence-electron chi connectivity index (χ3n) is 2.98. The summed E-state index contributed by atoms with van der Waals surface area (Å²) in [5.74, 6) is 0. The first-order valence-corrected chi connectivity index (χ1v) is 8.57. The lowest BCUT2D eigenvalue weighted by Gasteiger charge is -2.29. The van der Waals surface area contributed by atoms with E-state index in [-0.39, 0.29) is 5.60 Å². The Morgan fingerprint density at radius 1 is 1.10 bits per heavy atom. The lowest BCUT2D eigenvalue weighted by atomic mass is 9.98. The third kappa shape index (κ3) is 5.82. The highest BCUT2D eigenvalue weighted by Crippen LogP contribution is 2.32. The summed E-state index contributed by atoms with van der Waals surface area (Å²) in [6, 6.07) is 8.12. The van der Waals surface area contributed by atoms with Gasteiger partial charge in [-0.2, -0.15) is 0 Å². The minimum Gasteiger partial charge on any atom is -0.385 e. The minimum atomic E-state index is -0.365. The molecule has 0 saturated heterocycles. The Morgan fingerprint density at radius 3 is 2.50 bits per heavy atom. The Morgan fingerprint density at radius 2 is 1.85 bits per heavy atom. The molecule has 1 unspecified atom stereocenters. The van der Waals surface area contributed by atoms with Crippen LogP contribution in [0.25, 0.3) is 0 Å². The molecule has 1 atom stereocenters. The molecular weight excluding hydrogens is 388 g/mol. The second-order valence-corrected chi connectivity index (χ2v) is 6.07. The standard InChI is InChI=1S/C15H22Br2O3/c1-15(12-16,13-6-3-4-7-14(13)17)20-11-10-19-9-5-8-18-2/h3-4,6-7H,5,8-12H2,1-2H3. The summed E-state index contributed by atoms with van der Waals surface area (Å²) in [5.41, 5.74) is 0.770. The smallest absolute Gasteiger partial charge is 0.101 e. The van der Waals surface area contributed by atoms with Gasteiger partial charge in [0.2, 0.25) is 0 Å². The van der Waals surface area contributed by atoms with E-state index in [2.05, 4.69) is 44.8 Å². The molecule has 114 valence electrons. The first-order valence-electron chi connectivity index (χ1n) is 6.65. The van der Waals surface area contributed by atoms with Crippen LogP contribution in [0.1, 0.15) is 18.9 Å². The number of benzene rings is 1. The zero-order valence-corrected chi connectivity index (χ0v) is 15.2. The molecular formula is C15H22Br2O3. The van der Waals surface area contributed by atoms with Crippen molar-refractivity contribution in [2.24, 2.45) is 0 Å². The second kappa shape index (κ2) is 9.90. The number of hydrogen-bond donors (Lipinski definition) is 0. The van der Waals surface area contributed by atoms with Crippen molar-refractivity contribution >= 4 is 31.9 Å². The van der Waals surface area contributed by atoms with Crippen LogP contribution in [0.2, 0.25) is 0 Å². The van der Waals surface area contributed by atoms with E-state index in [0.29, 0.717) is 19.8 Å². The van der Waals surface area contributed by atoms with Gasteiger partial charge in [-0.1, -0.05) is 50.1 Å². The predicted molar refractivity (Wildman–Crippen MR) is 88.6 cm³/mol. The van der Waals surface area contributed by atoms with Crippen LogP contribution in [0.4, 0.5) is 0 Å². The molecule has 0 aromatic heterocycles. The molecule has 0 fully saturated rings. The Balaban J connectivity index is 2.40. The highest BCUT2D eigenvalue weighted by molar-refractivity contribution is 9.10. The number of methoxy groups -OCH3 is 1. The van der Waals surface area contributed by atoms with Gasteiger partial charge in [-0.05, 0) is 25.0 Å². The summed E-state index contributed by atoms with van der Waals surface area (Å²) in [4.78, 5) is 0. The lowest BCUT2D eigenvalue weighted by Crippen LogP contribution is -2.30. The van der Waals surface area contributed by atoms with Crippen LogP contribution in [-0.2, 0) is 19.8 Å². The van der Waals surface area contributed by atoms with Gasteiger partial charge in [0.1, 0.15) is 5.60 Å². The molecule has 0 aliphatic heterocycles. The highest BCUT2D eigenvalue weighted by Gasteiger charge is 2.28. The molecule has 3 nitrogen and oxygen atoms in total. The summed E-state index contributed by atoms with van der Waals surface area (Å²) >= 11 is 7.12. The van der Waals surface area contributed by atoms with Gasteiger partial charge in [-0.15, -0.1) is 0 Å². The maximum absolute atomic E-state index is 6.02. The van der Waals surface area contributed by atoms with Crippen molar-refractivity contribution in [2.75, 3.05) is 38.9 Å². The predicted octanol–water partition coefficient (Wildman–Crippen LogP) is 4.13. The van der Waals surface area contributed by atoms with E-state index < -0.39 is 0 Å². The van der Waals surface area contributed by atoms with Crippen molar-refractivity contribution in [1.29, 1.82) is 0 Å². The van der Waals surface area contributed by atoms with Crippen LogP contribution < -0.4 is 0 Å². The molecule has 5 heteroatoms. The monoisotopic (exact) mass is 408 g/mol. The topological polar surface area (TPSA) is 27.7 Å². The summed E-state index contributed by atoms with van der Waals surface area (Å²) in [5, 5.41) is 0.728. The molecule has 0 amide bonds. The first-order chi connectivity index (χ1) is 9.64. The fourth-order valence-electron chi connectivity index (χ4n) is 1.81. The molecule has 0 aliphatic carbocycles. The Labute approximate surface area is 138 Å². The zero-order valence-electron chi connectivity index (χ0n) is 12.0. The maximum Gasteiger partial charge on any atom is 0.101 e. The van der Waals surface area contributed by atoms with Crippen LogP contribution in [0.3, 0.4) is 0 Å². The molecule has 0 heterocycles. The maximum atomic E-state index is 6.02. The molecule has 0 spiro atoms. The second-order valence-electron chi connectivity index (χ2n) is 4.65. The SMILES string of the molecule is COCCCOCCOC(C)(CBr)c1ccccc1Br. The van der Waals surface area contributed by atoms with Crippen LogP contribution in [0.15, 0.2) is 28.7 Å². The molecule has 1 aromatic carbocycles. The average molecular weight is 410 g/mol. The fraction of sp³-hybridized carbons (Fsp3) is 0.600. The van der Waals surface area contributed by atoms with Crippen LogP contribution in [0.5, 0.6) is 0 Å². The number of alkyl halides is 1. The van der Waals surface area contributed by atoms with Gasteiger partial charge in [0.05, 0.1) is 13.2 Å². The minimum absolute atomic E-state index is 0.365. The van der Waals surface area contributed by atoms with Gasteiger partial charge in [-0.25, -0.2) is 0 Å². The van der Waals surface area contributed by atoms with Crippen LogP contribution in [-0.4, -0.2) is 38.9 Å². The summed E-state index contributed by atoms with van der Waals surface area (Å²) in [6.07, 6.45) is 0.913.